The van der Waals surface area contributed by atoms with Crippen molar-refractivity contribution >= 4 is 5.97 Å². The maximum absolute atomic E-state index is 11.9. The zero-order valence-corrected chi connectivity index (χ0v) is 13.4. The SMILES string of the molecule is CCCCCCCC(=O)OC1O[C@H](CO)[C@@H](O)[C@H](O)[C@H]1NC. The van der Waals surface area contributed by atoms with Crippen LogP contribution >= 0.6 is 0 Å². The van der Waals surface area contributed by atoms with Crippen LogP contribution in [0.4, 0.5) is 0 Å². The van der Waals surface area contributed by atoms with Gasteiger partial charge in [-0.1, -0.05) is 32.6 Å². The fourth-order valence-electron chi connectivity index (χ4n) is 2.55. The number of hydrogen-bond donors (Lipinski definition) is 4. The lowest BCUT2D eigenvalue weighted by Gasteiger charge is -2.41. The Morgan fingerprint density at radius 2 is 1.86 bits per heavy atom. The van der Waals surface area contributed by atoms with E-state index in [0.29, 0.717) is 6.42 Å². The van der Waals surface area contributed by atoms with Crippen molar-refractivity contribution in [1.29, 1.82) is 0 Å². The molecule has 0 saturated carbocycles. The van der Waals surface area contributed by atoms with Crippen LogP contribution in [0.1, 0.15) is 45.4 Å². The Hall–Kier alpha value is -0.730. The molecule has 7 heteroatoms. The van der Waals surface area contributed by atoms with Gasteiger partial charge in [0.15, 0.2) is 0 Å². The molecule has 1 unspecified atom stereocenters. The quantitative estimate of drug-likeness (QED) is 0.348. The molecule has 0 spiro atoms. The van der Waals surface area contributed by atoms with Crippen molar-refractivity contribution in [3.8, 4) is 0 Å². The number of hydrogen-bond acceptors (Lipinski definition) is 7. The molecule has 0 amide bonds. The van der Waals surface area contributed by atoms with Crippen LogP contribution in [0.5, 0.6) is 0 Å². The second kappa shape index (κ2) is 10.1. The van der Waals surface area contributed by atoms with E-state index in [4.69, 9.17) is 14.6 Å². The zero-order valence-electron chi connectivity index (χ0n) is 13.4. The summed E-state index contributed by atoms with van der Waals surface area (Å²) in [7, 11) is 1.58. The molecule has 1 saturated heterocycles. The molecule has 0 aliphatic carbocycles. The highest BCUT2D eigenvalue weighted by molar-refractivity contribution is 5.69. The predicted octanol–water partition coefficient (Wildman–Crippen LogP) is -0.0829. The molecule has 0 radical (unpaired) electrons. The van der Waals surface area contributed by atoms with Crippen molar-refractivity contribution in [3.05, 3.63) is 0 Å². The first-order chi connectivity index (χ1) is 10.5. The summed E-state index contributed by atoms with van der Waals surface area (Å²) in [6.07, 6.45) is 1.02. The van der Waals surface area contributed by atoms with Crippen LogP contribution in [-0.4, -0.2) is 65.6 Å². The fraction of sp³-hybridized carbons (Fsp3) is 0.933. The molecule has 0 aromatic carbocycles. The average Bonchev–Trinajstić information content (AvgIpc) is 2.50. The lowest BCUT2D eigenvalue weighted by molar-refractivity contribution is -0.263. The van der Waals surface area contributed by atoms with Crippen molar-refractivity contribution in [2.24, 2.45) is 0 Å². The van der Waals surface area contributed by atoms with Crippen LogP contribution in [-0.2, 0) is 14.3 Å². The Bertz CT molecular complexity index is 327. The Morgan fingerprint density at radius 3 is 2.45 bits per heavy atom. The van der Waals surface area contributed by atoms with Crippen LogP contribution in [0.2, 0.25) is 0 Å². The summed E-state index contributed by atoms with van der Waals surface area (Å²) in [4.78, 5) is 11.9. The third kappa shape index (κ3) is 5.48. The number of esters is 1. The van der Waals surface area contributed by atoms with Crippen LogP contribution < -0.4 is 5.32 Å². The number of carbonyl (C=O) groups excluding carboxylic acids is 1. The van der Waals surface area contributed by atoms with E-state index in [0.717, 1.165) is 32.1 Å². The number of carbonyl (C=O) groups is 1. The molecule has 7 nitrogen and oxygen atoms in total. The Morgan fingerprint density at radius 1 is 1.18 bits per heavy atom. The van der Waals surface area contributed by atoms with Crippen molar-refractivity contribution in [3.63, 3.8) is 0 Å². The van der Waals surface area contributed by atoms with E-state index in [1.54, 1.807) is 7.05 Å². The van der Waals surface area contributed by atoms with Gasteiger partial charge in [-0.2, -0.15) is 0 Å². The molecule has 0 aromatic heterocycles. The van der Waals surface area contributed by atoms with E-state index in [2.05, 4.69) is 12.2 Å². The van der Waals surface area contributed by atoms with E-state index in [-0.39, 0.29) is 0 Å². The molecule has 0 bridgehead atoms. The normalized spacial score (nSPS) is 32.0. The Labute approximate surface area is 131 Å². The maximum Gasteiger partial charge on any atom is 0.308 e. The Kier molecular flexibility index (Phi) is 8.89. The van der Waals surface area contributed by atoms with Gasteiger partial charge in [0.25, 0.3) is 0 Å². The minimum Gasteiger partial charge on any atom is -0.434 e. The van der Waals surface area contributed by atoms with E-state index < -0.39 is 43.2 Å². The van der Waals surface area contributed by atoms with Crippen LogP contribution in [0, 0.1) is 0 Å². The standard InChI is InChI=1S/C15H29NO6/c1-3-4-5-6-7-8-11(18)22-15-12(16-2)14(20)13(19)10(9-17)21-15/h10,12-17,19-20H,3-9H2,1-2H3/t10-,12-,13-,14-,15?/m1/s1. The molecule has 1 aliphatic heterocycles. The topological polar surface area (TPSA) is 108 Å². The van der Waals surface area contributed by atoms with Gasteiger partial charge in [-0.25, -0.2) is 0 Å². The van der Waals surface area contributed by atoms with Crippen molar-refractivity contribution in [2.45, 2.75) is 76.1 Å². The van der Waals surface area contributed by atoms with E-state index in [1.807, 2.05) is 0 Å². The van der Waals surface area contributed by atoms with Crippen LogP contribution in [0.3, 0.4) is 0 Å². The predicted molar refractivity (Wildman–Crippen MR) is 80.1 cm³/mol. The largest absolute Gasteiger partial charge is 0.434 e. The van der Waals surface area contributed by atoms with Gasteiger partial charge in [0.05, 0.1) is 12.6 Å². The minimum absolute atomic E-state index is 0.294. The number of aliphatic hydroxyl groups excluding tert-OH is 3. The van der Waals surface area contributed by atoms with Crippen molar-refractivity contribution in [2.75, 3.05) is 13.7 Å². The summed E-state index contributed by atoms with van der Waals surface area (Å²) < 4.78 is 10.6. The smallest absolute Gasteiger partial charge is 0.308 e. The molecule has 1 rings (SSSR count). The van der Waals surface area contributed by atoms with Crippen molar-refractivity contribution < 1.29 is 29.6 Å². The second-order valence-corrected chi connectivity index (χ2v) is 5.68. The fourth-order valence-corrected chi connectivity index (χ4v) is 2.55. The summed E-state index contributed by atoms with van der Waals surface area (Å²) in [5.41, 5.74) is 0. The summed E-state index contributed by atoms with van der Waals surface area (Å²) in [6, 6.07) is -0.734. The Balaban J connectivity index is 2.45. The van der Waals surface area contributed by atoms with Gasteiger partial charge in [-0.15, -0.1) is 0 Å². The molecule has 0 aromatic rings. The lowest BCUT2D eigenvalue weighted by Crippen LogP contribution is -2.63. The average molecular weight is 319 g/mol. The van der Waals surface area contributed by atoms with Gasteiger partial charge < -0.3 is 30.1 Å². The number of nitrogens with one attached hydrogen (secondary N) is 1. The monoisotopic (exact) mass is 319 g/mol. The summed E-state index contributed by atoms with van der Waals surface area (Å²) in [5.74, 6) is -0.401. The van der Waals surface area contributed by atoms with Gasteiger partial charge >= 0.3 is 5.97 Å². The van der Waals surface area contributed by atoms with Crippen molar-refractivity contribution in [1.82, 2.24) is 5.32 Å². The maximum atomic E-state index is 11.9. The summed E-state index contributed by atoms with van der Waals surface area (Å²) in [5, 5.41) is 31.7. The van der Waals surface area contributed by atoms with Gasteiger partial charge in [-0.3, -0.25) is 4.79 Å². The summed E-state index contributed by atoms with van der Waals surface area (Å²) in [6.45, 7) is 1.67. The molecular weight excluding hydrogens is 290 g/mol. The van der Waals surface area contributed by atoms with Gasteiger partial charge in [0, 0.05) is 6.42 Å². The summed E-state index contributed by atoms with van der Waals surface area (Å²) >= 11 is 0. The first kappa shape index (κ1) is 19.3. The minimum atomic E-state index is -1.23. The second-order valence-electron chi connectivity index (χ2n) is 5.68. The number of likely N-dealkylation sites (N-methyl/N-ethyl adjacent to an activating group) is 1. The van der Waals surface area contributed by atoms with Gasteiger partial charge in [-0.05, 0) is 13.5 Å². The first-order valence-electron chi connectivity index (χ1n) is 8.04. The molecule has 1 aliphatic rings. The zero-order chi connectivity index (χ0) is 16.5. The third-order valence-corrected chi connectivity index (χ3v) is 3.95. The van der Waals surface area contributed by atoms with Crippen LogP contribution in [0.15, 0.2) is 0 Å². The number of rotatable bonds is 9. The number of unbranched alkanes of at least 4 members (excludes halogenated alkanes) is 4. The third-order valence-electron chi connectivity index (χ3n) is 3.95. The molecule has 5 atom stereocenters. The van der Waals surface area contributed by atoms with Gasteiger partial charge in [0.1, 0.15) is 18.3 Å². The van der Waals surface area contributed by atoms with E-state index in [1.165, 1.54) is 0 Å². The molecular formula is C15H29NO6. The highest BCUT2D eigenvalue weighted by Gasteiger charge is 2.45. The molecule has 1 heterocycles. The van der Waals surface area contributed by atoms with Crippen LogP contribution in [0.25, 0.3) is 0 Å². The lowest BCUT2D eigenvalue weighted by atomic mass is 9.97. The highest BCUT2D eigenvalue weighted by Crippen LogP contribution is 2.22. The molecule has 4 N–H and O–H groups in total. The first-order valence-corrected chi connectivity index (χ1v) is 8.04. The molecule has 130 valence electrons. The number of ether oxygens (including phenoxy) is 2. The van der Waals surface area contributed by atoms with Gasteiger partial charge in [0.2, 0.25) is 6.29 Å². The number of aliphatic hydroxyl groups is 3. The molecule has 22 heavy (non-hydrogen) atoms. The molecule has 1 fully saturated rings. The van der Waals surface area contributed by atoms with E-state index >= 15 is 0 Å². The van der Waals surface area contributed by atoms with E-state index in [9.17, 15) is 15.0 Å². The highest BCUT2D eigenvalue weighted by atomic mass is 16.7.